The van der Waals surface area contributed by atoms with E-state index in [-0.39, 0.29) is 11.7 Å². The van der Waals surface area contributed by atoms with Crippen LogP contribution in [0.15, 0.2) is 0 Å². The first-order valence-corrected chi connectivity index (χ1v) is 9.16. The predicted molar refractivity (Wildman–Crippen MR) is 101 cm³/mol. The summed E-state index contributed by atoms with van der Waals surface area (Å²) in [4.78, 5) is 39.3. The Kier molecular flexibility index (Phi) is 7.60. The van der Waals surface area contributed by atoms with E-state index >= 15 is 0 Å². The lowest BCUT2D eigenvalue weighted by molar-refractivity contribution is -0.132. The number of carbonyl (C=O) groups excluding carboxylic acids is 3. The fourth-order valence-electron chi connectivity index (χ4n) is 3.21. The van der Waals surface area contributed by atoms with Crippen molar-refractivity contribution in [3.8, 4) is 0 Å². The van der Waals surface area contributed by atoms with E-state index in [1.807, 2.05) is 0 Å². The van der Waals surface area contributed by atoms with Crippen LogP contribution in [0.4, 0.5) is 0 Å². The molecule has 0 saturated carbocycles. The van der Waals surface area contributed by atoms with E-state index in [9.17, 15) is 14.4 Å². The van der Waals surface area contributed by atoms with Crippen molar-refractivity contribution in [2.24, 2.45) is 13.0 Å². The Morgan fingerprint density at radius 1 is 1.15 bits per heavy atom. The molecule has 0 unspecified atom stereocenters. The molecule has 6 nitrogen and oxygen atoms in total. The Bertz CT molecular complexity index is 688. The third kappa shape index (κ3) is 4.34. The van der Waals surface area contributed by atoms with Gasteiger partial charge in [0.25, 0.3) is 0 Å². The second-order valence-corrected chi connectivity index (χ2v) is 7.15. The first-order valence-electron chi connectivity index (χ1n) is 9.16. The van der Waals surface area contributed by atoms with Gasteiger partial charge in [-0.1, -0.05) is 20.8 Å². The zero-order chi connectivity index (χ0) is 20.2. The Morgan fingerprint density at radius 2 is 1.73 bits per heavy atom. The topological polar surface area (TPSA) is 68.6 Å². The normalized spacial score (nSPS) is 12.2. The fourth-order valence-corrected chi connectivity index (χ4v) is 3.21. The fraction of sp³-hybridized carbons (Fsp3) is 0.650. The molecule has 1 amide bonds. The number of ketones is 1. The quantitative estimate of drug-likeness (QED) is 0.524. The summed E-state index contributed by atoms with van der Waals surface area (Å²) in [7, 11) is 3.06. The van der Waals surface area contributed by atoms with E-state index in [0.29, 0.717) is 41.4 Å². The standard InChI is InChI=1S/C20H32N2O4/c1-9-16(23)22(11-10-12(2)3)15(6)19(24)17-13(4)18(20(25)26-8)21(7)14(17)5/h12,15H,9-11H2,1-8H3/t15-/m0/s1. The van der Waals surface area contributed by atoms with E-state index in [1.54, 1.807) is 44.2 Å². The van der Waals surface area contributed by atoms with Crippen LogP contribution in [0.5, 0.6) is 0 Å². The molecule has 0 fully saturated rings. The number of methoxy groups -OCH3 is 1. The maximum Gasteiger partial charge on any atom is 0.354 e. The molecule has 0 saturated heterocycles. The maximum absolute atomic E-state index is 13.2. The molecule has 1 atom stereocenters. The average Bonchev–Trinajstić information content (AvgIpc) is 2.82. The first-order chi connectivity index (χ1) is 12.1. The van der Waals surface area contributed by atoms with Crippen LogP contribution >= 0.6 is 0 Å². The SMILES string of the molecule is CCC(=O)N(CCC(C)C)[C@@H](C)C(=O)c1c(C)c(C(=O)OC)n(C)c1C. The average molecular weight is 364 g/mol. The Morgan fingerprint density at radius 3 is 2.19 bits per heavy atom. The van der Waals surface area contributed by atoms with Gasteiger partial charge in [0, 0.05) is 31.3 Å². The number of ether oxygens (including phenoxy) is 1. The van der Waals surface area contributed by atoms with Gasteiger partial charge < -0.3 is 14.2 Å². The number of hydrogen-bond acceptors (Lipinski definition) is 4. The van der Waals surface area contributed by atoms with E-state index in [0.717, 1.165) is 6.42 Å². The first kappa shape index (κ1) is 21.9. The van der Waals surface area contributed by atoms with E-state index in [4.69, 9.17) is 4.74 Å². The summed E-state index contributed by atoms with van der Waals surface area (Å²) in [6.07, 6.45) is 1.19. The summed E-state index contributed by atoms with van der Waals surface area (Å²) < 4.78 is 6.52. The minimum absolute atomic E-state index is 0.0362. The number of carbonyl (C=O) groups is 3. The highest BCUT2D eigenvalue weighted by molar-refractivity contribution is 6.06. The van der Waals surface area contributed by atoms with E-state index in [2.05, 4.69) is 13.8 Å². The predicted octanol–water partition coefficient (Wildman–Crippen LogP) is 3.28. The molecular formula is C20H32N2O4. The van der Waals surface area contributed by atoms with Crippen molar-refractivity contribution in [2.45, 2.75) is 60.4 Å². The van der Waals surface area contributed by atoms with Gasteiger partial charge in [-0.2, -0.15) is 0 Å². The maximum atomic E-state index is 13.2. The summed E-state index contributed by atoms with van der Waals surface area (Å²) in [5.74, 6) is -0.209. The van der Waals surface area contributed by atoms with Crippen LogP contribution < -0.4 is 0 Å². The minimum Gasteiger partial charge on any atom is -0.464 e. The molecule has 0 aliphatic rings. The molecular weight excluding hydrogens is 332 g/mol. The van der Waals surface area contributed by atoms with Gasteiger partial charge in [-0.25, -0.2) is 4.79 Å². The summed E-state index contributed by atoms with van der Waals surface area (Å²) in [6.45, 7) is 11.9. The number of Topliss-reactive ketones (excluding diaryl/α,β-unsaturated/α-hetero) is 1. The van der Waals surface area contributed by atoms with Crippen molar-refractivity contribution in [1.82, 2.24) is 9.47 Å². The van der Waals surface area contributed by atoms with Crippen LogP contribution in [-0.4, -0.2) is 46.8 Å². The van der Waals surface area contributed by atoms with E-state index < -0.39 is 12.0 Å². The van der Waals surface area contributed by atoms with Crippen molar-refractivity contribution in [2.75, 3.05) is 13.7 Å². The summed E-state index contributed by atoms with van der Waals surface area (Å²) in [5, 5.41) is 0. The van der Waals surface area contributed by atoms with Gasteiger partial charge >= 0.3 is 5.97 Å². The molecule has 0 spiro atoms. The summed E-state index contributed by atoms with van der Waals surface area (Å²) >= 11 is 0. The Balaban J connectivity index is 3.28. The third-order valence-electron chi connectivity index (χ3n) is 4.97. The van der Waals surface area contributed by atoms with Crippen LogP contribution in [-0.2, 0) is 16.6 Å². The number of amides is 1. The second-order valence-electron chi connectivity index (χ2n) is 7.15. The zero-order valence-corrected chi connectivity index (χ0v) is 17.3. The molecule has 1 aromatic rings. The lowest BCUT2D eigenvalue weighted by Crippen LogP contribution is -2.44. The van der Waals surface area contributed by atoms with Crippen molar-refractivity contribution in [3.63, 3.8) is 0 Å². The highest BCUT2D eigenvalue weighted by Gasteiger charge is 2.31. The van der Waals surface area contributed by atoms with Gasteiger partial charge in [-0.05, 0) is 38.7 Å². The van der Waals surface area contributed by atoms with Crippen LogP contribution in [0.3, 0.4) is 0 Å². The lowest BCUT2D eigenvalue weighted by Gasteiger charge is -2.29. The largest absolute Gasteiger partial charge is 0.464 e. The molecule has 1 rings (SSSR count). The summed E-state index contributed by atoms with van der Waals surface area (Å²) in [5.41, 5.74) is 2.17. The number of nitrogens with zero attached hydrogens (tertiary/aromatic N) is 2. The van der Waals surface area contributed by atoms with Gasteiger partial charge in [-0.15, -0.1) is 0 Å². The minimum atomic E-state index is -0.577. The molecule has 0 radical (unpaired) electrons. The molecule has 1 aromatic heterocycles. The molecule has 1 heterocycles. The molecule has 0 bridgehead atoms. The monoisotopic (exact) mass is 364 g/mol. The Hall–Kier alpha value is -2.11. The second kappa shape index (κ2) is 9.01. The van der Waals surface area contributed by atoms with Gasteiger partial charge in [-0.3, -0.25) is 9.59 Å². The molecule has 0 aromatic carbocycles. The zero-order valence-electron chi connectivity index (χ0n) is 17.3. The molecule has 0 aliphatic heterocycles. The van der Waals surface area contributed by atoms with Gasteiger partial charge in [0.2, 0.25) is 5.91 Å². The highest BCUT2D eigenvalue weighted by atomic mass is 16.5. The molecule has 0 N–H and O–H groups in total. The Labute approximate surface area is 156 Å². The summed E-state index contributed by atoms with van der Waals surface area (Å²) in [6, 6.07) is -0.577. The van der Waals surface area contributed by atoms with Crippen molar-refractivity contribution in [3.05, 3.63) is 22.5 Å². The number of esters is 1. The van der Waals surface area contributed by atoms with Gasteiger partial charge in [0.05, 0.1) is 13.2 Å². The number of hydrogen-bond donors (Lipinski definition) is 0. The van der Waals surface area contributed by atoms with Crippen molar-refractivity contribution in [1.29, 1.82) is 0 Å². The van der Waals surface area contributed by atoms with Crippen LogP contribution in [0.25, 0.3) is 0 Å². The van der Waals surface area contributed by atoms with Crippen LogP contribution in [0, 0.1) is 19.8 Å². The third-order valence-corrected chi connectivity index (χ3v) is 4.97. The van der Waals surface area contributed by atoms with Crippen molar-refractivity contribution >= 4 is 17.7 Å². The molecule has 6 heteroatoms. The molecule has 0 aliphatic carbocycles. The highest BCUT2D eigenvalue weighted by Crippen LogP contribution is 2.25. The van der Waals surface area contributed by atoms with E-state index in [1.165, 1.54) is 7.11 Å². The van der Waals surface area contributed by atoms with Crippen molar-refractivity contribution < 1.29 is 19.1 Å². The van der Waals surface area contributed by atoms with Crippen LogP contribution in [0.2, 0.25) is 0 Å². The molecule has 26 heavy (non-hydrogen) atoms. The van der Waals surface area contributed by atoms with Gasteiger partial charge in [0.1, 0.15) is 5.69 Å². The molecule has 146 valence electrons. The number of aromatic nitrogens is 1. The lowest BCUT2D eigenvalue weighted by atomic mass is 9.99. The number of rotatable bonds is 8. The van der Waals surface area contributed by atoms with Crippen LogP contribution in [0.1, 0.15) is 72.6 Å². The smallest absolute Gasteiger partial charge is 0.354 e. The van der Waals surface area contributed by atoms with Gasteiger partial charge in [0.15, 0.2) is 5.78 Å².